The van der Waals surface area contributed by atoms with Crippen molar-refractivity contribution in [3.8, 4) is 0 Å². The second-order valence-corrected chi connectivity index (χ2v) is 4.29. The summed E-state index contributed by atoms with van der Waals surface area (Å²) in [7, 11) is -1.44. The van der Waals surface area contributed by atoms with Crippen molar-refractivity contribution in [2.24, 2.45) is 0 Å². The molecule has 11 heavy (non-hydrogen) atoms. The van der Waals surface area contributed by atoms with Crippen LogP contribution in [0, 0.1) is 0 Å². The Morgan fingerprint density at radius 2 is 2.09 bits per heavy atom. The molecule has 1 atom stereocenters. The Bertz CT molecular complexity index is 328. The molecule has 1 unspecified atom stereocenters. The van der Waals surface area contributed by atoms with Crippen LogP contribution in [-0.2, 0) is 10.7 Å². The number of fused-ring (bicyclic) bond motifs is 1. The van der Waals surface area contributed by atoms with Gasteiger partial charge in [0.05, 0.1) is 0 Å². The summed E-state index contributed by atoms with van der Waals surface area (Å²) in [6, 6.07) is 8.10. The van der Waals surface area contributed by atoms with Gasteiger partial charge in [-0.05, 0) is 16.9 Å². The number of hydrogen-bond acceptors (Lipinski definition) is 1. The Morgan fingerprint density at radius 3 is 3.00 bits per heavy atom. The van der Waals surface area contributed by atoms with Gasteiger partial charge in [0.2, 0.25) is 0 Å². The molecule has 0 N–H and O–H groups in total. The highest BCUT2D eigenvalue weighted by molar-refractivity contribution is 7.47. The molecule has 0 saturated heterocycles. The van der Waals surface area contributed by atoms with E-state index in [4.69, 9.17) is 0 Å². The highest BCUT2D eigenvalue weighted by Gasteiger charge is 2.06. The molecule has 1 aliphatic heterocycles. The zero-order valence-electron chi connectivity index (χ0n) is 6.08. The molecular formula is C9H9OP. The smallest absolute Gasteiger partial charge is 0.101 e. The van der Waals surface area contributed by atoms with Crippen LogP contribution in [-0.4, -0.2) is 0 Å². The molecule has 0 fully saturated rings. The van der Waals surface area contributed by atoms with Crippen LogP contribution in [0.5, 0.6) is 0 Å². The van der Waals surface area contributed by atoms with Crippen LogP contribution in [0.3, 0.4) is 0 Å². The average molecular weight is 164 g/mol. The van der Waals surface area contributed by atoms with E-state index < -0.39 is 7.80 Å². The molecule has 0 amide bonds. The Morgan fingerprint density at radius 1 is 1.27 bits per heavy atom. The second-order valence-electron chi connectivity index (χ2n) is 2.68. The van der Waals surface area contributed by atoms with E-state index in [1.807, 2.05) is 30.1 Å². The highest BCUT2D eigenvalue weighted by atomic mass is 31.1. The maximum atomic E-state index is 11.1. The van der Waals surface area contributed by atoms with Crippen molar-refractivity contribution in [2.45, 2.75) is 6.16 Å². The summed E-state index contributed by atoms with van der Waals surface area (Å²) < 4.78 is 11.1. The Labute approximate surface area is 66.5 Å². The molecule has 0 radical (unpaired) electrons. The zero-order valence-corrected chi connectivity index (χ0v) is 7.08. The van der Waals surface area contributed by atoms with Crippen LogP contribution in [0.1, 0.15) is 11.1 Å². The van der Waals surface area contributed by atoms with Crippen molar-refractivity contribution in [2.75, 3.05) is 0 Å². The lowest BCUT2D eigenvalue weighted by atomic mass is 10.1. The molecule has 2 rings (SSSR count). The summed E-state index contributed by atoms with van der Waals surface area (Å²) >= 11 is 0. The molecule has 1 nitrogen and oxygen atoms in total. The van der Waals surface area contributed by atoms with Gasteiger partial charge in [-0.3, -0.25) is 0 Å². The minimum Gasteiger partial charge on any atom is -0.322 e. The molecular weight excluding hydrogens is 155 g/mol. The topological polar surface area (TPSA) is 17.1 Å². The van der Waals surface area contributed by atoms with Crippen molar-refractivity contribution in [1.82, 2.24) is 0 Å². The molecule has 0 saturated carbocycles. The van der Waals surface area contributed by atoms with Crippen molar-refractivity contribution < 1.29 is 4.57 Å². The molecule has 0 bridgehead atoms. The van der Waals surface area contributed by atoms with Gasteiger partial charge in [0, 0.05) is 6.16 Å². The van der Waals surface area contributed by atoms with Crippen LogP contribution in [0.4, 0.5) is 0 Å². The first-order valence-corrected chi connectivity index (χ1v) is 5.34. The molecule has 0 spiro atoms. The van der Waals surface area contributed by atoms with Crippen LogP contribution in [0.25, 0.3) is 6.08 Å². The fourth-order valence-corrected chi connectivity index (χ4v) is 2.47. The average Bonchev–Trinajstić information content (AvgIpc) is 2.04. The lowest BCUT2D eigenvalue weighted by Crippen LogP contribution is -1.87. The first-order valence-electron chi connectivity index (χ1n) is 3.65. The largest absolute Gasteiger partial charge is 0.322 e. The van der Waals surface area contributed by atoms with E-state index in [1.54, 1.807) is 0 Å². The van der Waals surface area contributed by atoms with Crippen LogP contribution in [0.2, 0.25) is 0 Å². The normalized spacial score (nSPS) is 21.3. The van der Waals surface area contributed by atoms with E-state index in [9.17, 15) is 4.57 Å². The van der Waals surface area contributed by atoms with E-state index in [2.05, 4.69) is 6.07 Å². The molecule has 0 aliphatic carbocycles. The maximum Gasteiger partial charge on any atom is 0.101 e. The molecule has 1 heterocycles. The summed E-state index contributed by atoms with van der Waals surface area (Å²) in [5, 5.41) is 0. The third kappa shape index (κ3) is 1.29. The lowest BCUT2D eigenvalue weighted by molar-refractivity contribution is 0.592. The third-order valence-corrected chi connectivity index (χ3v) is 3.14. The summed E-state index contributed by atoms with van der Waals surface area (Å²) in [6.07, 6.45) is 2.71. The number of rotatable bonds is 0. The predicted molar refractivity (Wildman–Crippen MR) is 48.2 cm³/mol. The molecule has 56 valence electrons. The Kier molecular flexibility index (Phi) is 1.67. The fourth-order valence-electron chi connectivity index (χ4n) is 1.29. The Balaban J connectivity index is 2.54. The van der Waals surface area contributed by atoms with Crippen LogP contribution < -0.4 is 0 Å². The molecule has 1 aromatic carbocycles. The highest BCUT2D eigenvalue weighted by Crippen LogP contribution is 2.35. The Hall–Kier alpha value is -0.810. The van der Waals surface area contributed by atoms with E-state index >= 15 is 0 Å². The summed E-state index contributed by atoms with van der Waals surface area (Å²) in [4.78, 5) is 0. The predicted octanol–water partition coefficient (Wildman–Crippen LogP) is 2.73. The number of benzene rings is 1. The van der Waals surface area contributed by atoms with Gasteiger partial charge < -0.3 is 4.57 Å². The fraction of sp³-hybridized carbons (Fsp3) is 0.111. The summed E-state index contributed by atoms with van der Waals surface area (Å²) in [6.45, 7) is 0. The van der Waals surface area contributed by atoms with Gasteiger partial charge in [-0.2, -0.15) is 0 Å². The van der Waals surface area contributed by atoms with Gasteiger partial charge in [0.1, 0.15) is 7.80 Å². The number of hydrogen-bond donors (Lipinski definition) is 0. The molecule has 2 heteroatoms. The van der Waals surface area contributed by atoms with E-state index in [0.29, 0.717) is 0 Å². The standard InChI is InChI=1S/C9H9OP/c10-11-6-5-8-3-1-2-4-9(8)7-11/h1-6,11H,7H2. The van der Waals surface area contributed by atoms with Gasteiger partial charge >= 0.3 is 0 Å². The minimum absolute atomic E-state index is 0.747. The zero-order chi connectivity index (χ0) is 7.68. The first kappa shape index (κ1) is 6.87. The van der Waals surface area contributed by atoms with Crippen molar-refractivity contribution >= 4 is 13.9 Å². The molecule has 1 aliphatic rings. The van der Waals surface area contributed by atoms with Gasteiger partial charge in [-0.25, -0.2) is 0 Å². The quantitative estimate of drug-likeness (QED) is 0.539. The van der Waals surface area contributed by atoms with Gasteiger partial charge in [0.15, 0.2) is 0 Å². The lowest BCUT2D eigenvalue weighted by Gasteiger charge is -2.08. The molecule has 1 aromatic rings. The summed E-state index contributed by atoms with van der Waals surface area (Å²) in [5.74, 6) is 1.83. The van der Waals surface area contributed by atoms with Crippen LogP contribution >= 0.6 is 7.80 Å². The monoisotopic (exact) mass is 164 g/mol. The first-order chi connectivity index (χ1) is 5.36. The van der Waals surface area contributed by atoms with E-state index in [-0.39, 0.29) is 0 Å². The van der Waals surface area contributed by atoms with Crippen LogP contribution in [0.15, 0.2) is 30.1 Å². The van der Waals surface area contributed by atoms with Crippen molar-refractivity contribution in [3.05, 3.63) is 41.2 Å². The van der Waals surface area contributed by atoms with Gasteiger partial charge in [-0.15, -0.1) is 0 Å². The van der Waals surface area contributed by atoms with E-state index in [1.165, 1.54) is 11.1 Å². The minimum atomic E-state index is -1.44. The van der Waals surface area contributed by atoms with Crippen molar-refractivity contribution in [1.29, 1.82) is 0 Å². The van der Waals surface area contributed by atoms with Gasteiger partial charge in [-0.1, -0.05) is 30.3 Å². The third-order valence-electron chi connectivity index (χ3n) is 1.87. The second kappa shape index (κ2) is 2.67. The van der Waals surface area contributed by atoms with Crippen molar-refractivity contribution in [3.63, 3.8) is 0 Å². The maximum absolute atomic E-state index is 11.1. The van der Waals surface area contributed by atoms with Gasteiger partial charge in [0.25, 0.3) is 0 Å². The SMILES string of the molecule is O=[PH]1C=Cc2ccccc2C1. The summed E-state index contributed by atoms with van der Waals surface area (Å²) in [5.41, 5.74) is 2.44. The van der Waals surface area contributed by atoms with E-state index in [0.717, 1.165) is 6.16 Å². The molecule has 0 aromatic heterocycles.